The average Bonchev–Trinajstić information content (AvgIpc) is 2.88. The van der Waals surface area contributed by atoms with Crippen molar-refractivity contribution in [3.63, 3.8) is 0 Å². The van der Waals surface area contributed by atoms with Crippen LogP contribution >= 0.6 is 0 Å². The Morgan fingerprint density at radius 1 is 1.29 bits per heavy atom. The van der Waals surface area contributed by atoms with Crippen molar-refractivity contribution in [2.24, 2.45) is 0 Å². The van der Waals surface area contributed by atoms with Crippen molar-refractivity contribution in [2.75, 3.05) is 5.73 Å². The molecule has 1 atom stereocenters. The van der Waals surface area contributed by atoms with Gasteiger partial charge in [-0.25, -0.2) is 0 Å². The number of anilines is 1. The minimum absolute atomic E-state index is 0.0930. The Bertz CT molecular complexity index is 616. The first-order chi connectivity index (χ1) is 10.1. The molecule has 0 bridgehead atoms. The second kappa shape index (κ2) is 6.43. The summed E-state index contributed by atoms with van der Waals surface area (Å²) >= 11 is 0. The lowest BCUT2D eigenvalue weighted by Gasteiger charge is -2.14. The van der Waals surface area contributed by atoms with Crippen LogP contribution in [-0.4, -0.2) is 16.1 Å². The average molecular weight is 286 g/mol. The summed E-state index contributed by atoms with van der Waals surface area (Å²) in [5.41, 5.74) is 9.75. The van der Waals surface area contributed by atoms with Crippen molar-refractivity contribution in [1.29, 1.82) is 0 Å². The van der Waals surface area contributed by atoms with Gasteiger partial charge in [0.1, 0.15) is 0 Å². The standard InChI is InChI=1S/C16H22N4O/c1-4-11-6-8-12(9-7-11)10(3)18-16(21)15-14(17)13(5-2)19-20-15/h6-10H,4-5,17H2,1-3H3,(H,18,21)(H,19,20). The number of nitrogens with one attached hydrogen (secondary N) is 2. The highest BCUT2D eigenvalue weighted by molar-refractivity contribution is 5.97. The number of nitrogen functional groups attached to an aromatic ring is 1. The second-order valence-corrected chi connectivity index (χ2v) is 5.11. The van der Waals surface area contributed by atoms with Crippen LogP contribution in [0.2, 0.25) is 0 Å². The molecule has 2 aromatic rings. The van der Waals surface area contributed by atoms with E-state index >= 15 is 0 Å². The molecule has 5 nitrogen and oxygen atoms in total. The Morgan fingerprint density at radius 3 is 2.48 bits per heavy atom. The topological polar surface area (TPSA) is 83.8 Å². The van der Waals surface area contributed by atoms with Gasteiger partial charge >= 0.3 is 0 Å². The van der Waals surface area contributed by atoms with E-state index in [1.807, 2.05) is 26.0 Å². The first-order valence-electron chi connectivity index (χ1n) is 7.29. The Labute approximate surface area is 124 Å². The monoisotopic (exact) mass is 286 g/mol. The fourth-order valence-electron chi connectivity index (χ4n) is 2.22. The third-order valence-corrected chi connectivity index (χ3v) is 3.69. The summed E-state index contributed by atoms with van der Waals surface area (Å²) < 4.78 is 0. The van der Waals surface area contributed by atoms with Crippen molar-refractivity contribution in [2.45, 2.75) is 39.7 Å². The molecule has 112 valence electrons. The summed E-state index contributed by atoms with van der Waals surface area (Å²) in [6, 6.07) is 8.14. The summed E-state index contributed by atoms with van der Waals surface area (Å²) in [6.45, 7) is 6.03. The molecule has 1 heterocycles. The fourth-order valence-corrected chi connectivity index (χ4v) is 2.22. The van der Waals surface area contributed by atoms with Crippen molar-refractivity contribution >= 4 is 11.6 Å². The Morgan fingerprint density at radius 2 is 1.95 bits per heavy atom. The molecule has 1 amide bonds. The van der Waals surface area contributed by atoms with Gasteiger partial charge < -0.3 is 11.1 Å². The predicted octanol–water partition coefficient (Wildman–Crippen LogP) is 2.61. The van der Waals surface area contributed by atoms with Gasteiger partial charge in [-0.2, -0.15) is 5.10 Å². The zero-order chi connectivity index (χ0) is 15.4. The number of aromatic amines is 1. The molecular weight excluding hydrogens is 264 g/mol. The van der Waals surface area contributed by atoms with E-state index in [0.29, 0.717) is 5.69 Å². The number of aryl methyl sites for hydroxylation is 2. The molecule has 1 unspecified atom stereocenters. The first kappa shape index (κ1) is 15.1. The molecule has 0 spiro atoms. The highest BCUT2D eigenvalue weighted by Gasteiger charge is 2.18. The van der Waals surface area contributed by atoms with Gasteiger partial charge in [-0.3, -0.25) is 9.89 Å². The highest BCUT2D eigenvalue weighted by Crippen LogP contribution is 2.17. The number of H-pyrrole nitrogens is 1. The van der Waals surface area contributed by atoms with Crippen LogP contribution in [0, 0.1) is 0 Å². The number of nitrogens with zero attached hydrogens (tertiary/aromatic N) is 1. The number of benzene rings is 1. The summed E-state index contributed by atoms with van der Waals surface area (Å²) in [4.78, 5) is 12.2. The van der Waals surface area contributed by atoms with Crippen LogP contribution in [0.4, 0.5) is 5.69 Å². The lowest BCUT2D eigenvalue weighted by molar-refractivity contribution is 0.0935. The van der Waals surface area contributed by atoms with Crippen LogP contribution in [0.1, 0.15) is 54.1 Å². The maximum Gasteiger partial charge on any atom is 0.274 e. The Hall–Kier alpha value is -2.30. The van der Waals surface area contributed by atoms with E-state index in [0.717, 1.165) is 24.1 Å². The van der Waals surface area contributed by atoms with Gasteiger partial charge in [-0.1, -0.05) is 38.1 Å². The molecule has 5 heteroatoms. The van der Waals surface area contributed by atoms with Crippen molar-refractivity contribution in [3.05, 3.63) is 46.8 Å². The van der Waals surface area contributed by atoms with Crippen molar-refractivity contribution in [3.8, 4) is 0 Å². The highest BCUT2D eigenvalue weighted by atomic mass is 16.2. The van der Waals surface area contributed by atoms with Gasteiger partial charge in [0.15, 0.2) is 5.69 Å². The van der Waals surface area contributed by atoms with E-state index in [-0.39, 0.29) is 17.6 Å². The molecule has 0 saturated heterocycles. The lowest BCUT2D eigenvalue weighted by atomic mass is 10.0. The molecule has 0 aliphatic rings. The third kappa shape index (κ3) is 3.24. The van der Waals surface area contributed by atoms with Gasteiger partial charge in [0, 0.05) is 0 Å². The minimum Gasteiger partial charge on any atom is -0.395 e. The van der Waals surface area contributed by atoms with Gasteiger partial charge in [-0.15, -0.1) is 0 Å². The van der Waals surface area contributed by atoms with Crippen LogP contribution in [0.25, 0.3) is 0 Å². The normalized spacial score (nSPS) is 12.1. The smallest absolute Gasteiger partial charge is 0.274 e. The molecule has 1 aromatic carbocycles. The molecule has 21 heavy (non-hydrogen) atoms. The molecule has 4 N–H and O–H groups in total. The molecule has 0 saturated carbocycles. The minimum atomic E-state index is -0.254. The van der Waals surface area contributed by atoms with Crippen molar-refractivity contribution < 1.29 is 4.79 Å². The third-order valence-electron chi connectivity index (χ3n) is 3.69. The fraction of sp³-hybridized carbons (Fsp3) is 0.375. The molecule has 2 rings (SSSR count). The number of carbonyl (C=O) groups excluding carboxylic acids is 1. The summed E-state index contributed by atoms with van der Waals surface area (Å²) in [6.07, 6.45) is 1.73. The molecular formula is C16H22N4O. The van der Waals surface area contributed by atoms with Crippen molar-refractivity contribution in [1.82, 2.24) is 15.5 Å². The lowest BCUT2D eigenvalue weighted by Crippen LogP contribution is -2.27. The quantitative estimate of drug-likeness (QED) is 0.790. The van der Waals surface area contributed by atoms with Crippen LogP contribution in [0.15, 0.2) is 24.3 Å². The van der Waals surface area contributed by atoms with Crippen LogP contribution in [-0.2, 0) is 12.8 Å². The molecule has 0 aliphatic heterocycles. The number of rotatable bonds is 5. The predicted molar refractivity (Wildman–Crippen MR) is 84.1 cm³/mol. The number of nitrogens with two attached hydrogens (primary N) is 1. The Kier molecular flexibility index (Phi) is 4.62. The molecule has 0 fully saturated rings. The van der Waals surface area contributed by atoms with E-state index in [1.54, 1.807) is 0 Å². The van der Waals surface area contributed by atoms with E-state index < -0.39 is 0 Å². The van der Waals surface area contributed by atoms with Crippen LogP contribution in [0.5, 0.6) is 0 Å². The summed E-state index contributed by atoms with van der Waals surface area (Å²) in [7, 11) is 0. The number of hydrogen-bond donors (Lipinski definition) is 3. The van der Waals surface area contributed by atoms with Gasteiger partial charge in [0.2, 0.25) is 0 Å². The maximum atomic E-state index is 12.2. The molecule has 1 aromatic heterocycles. The van der Waals surface area contributed by atoms with E-state index in [2.05, 4.69) is 34.6 Å². The number of hydrogen-bond acceptors (Lipinski definition) is 3. The van der Waals surface area contributed by atoms with Crippen LogP contribution < -0.4 is 11.1 Å². The first-order valence-corrected chi connectivity index (χ1v) is 7.29. The summed E-state index contributed by atoms with van der Waals surface area (Å²) in [5, 5.41) is 9.72. The second-order valence-electron chi connectivity index (χ2n) is 5.11. The van der Waals surface area contributed by atoms with E-state index in [9.17, 15) is 4.79 Å². The Balaban J connectivity index is 2.08. The zero-order valence-corrected chi connectivity index (χ0v) is 12.7. The van der Waals surface area contributed by atoms with Gasteiger partial charge in [0.05, 0.1) is 17.4 Å². The largest absolute Gasteiger partial charge is 0.395 e. The zero-order valence-electron chi connectivity index (χ0n) is 12.7. The van der Waals surface area contributed by atoms with Gasteiger partial charge in [-0.05, 0) is 30.9 Å². The van der Waals surface area contributed by atoms with Crippen LogP contribution in [0.3, 0.4) is 0 Å². The summed E-state index contributed by atoms with van der Waals surface area (Å²) in [5.74, 6) is -0.254. The van der Waals surface area contributed by atoms with E-state index in [4.69, 9.17) is 5.73 Å². The molecule has 0 radical (unpaired) electrons. The SMILES string of the molecule is CCc1ccc(C(C)NC(=O)c2n[nH]c(CC)c2N)cc1. The number of aromatic nitrogens is 2. The number of amides is 1. The van der Waals surface area contributed by atoms with Gasteiger partial charge in [0.25, 0.3) is 5.91 Å². The van der Waals surface area contributed by atoms with E-state index in [1.165, 1.54) is 5.56 Å². The number of carbonyl (C=O) groups is 1. The molecule has 0 aliphatic carbocycles. The maximum absolute atomic E-state index is 12.2.